The Balaban J connectivity index is 1.55. The van der Waals surface area contributed by atoms with E-state index in [2.05, 4.69) is 16.3 Å². The van der Waals surface area contributed by atoms with Crippen LogP contribution in [0.3, 0.4) is 0 Å². The van der Waals surface area contributed by atoms with Crippen LogP contribution in [0.1, 0.15) is 19.3 Å². The lowest BCUT2D eigenvalue weighted by Gasteiger charge is -2.35. The third-order valence-corrected chi connectivity index (χ3v) is 6.61. The summed E-state index contributed by atoms with van der Waals surface area (Å²) in [4.78, 5) is 40.5. The van der Waals surface area contributed by atoms with Crippen LogP contribution in [0.5, 0.6) is 0 Å². The molecule has 3 fully saturated rings. The third kappa shape index (κ3) is 3.42. The molecule has 0 saturated carbocycles. The zero-order valence-electron chi connectivity index (χ0n) is 18.1. The number of allylic oxidation sites excluding steroid dienone is 1. The third-order valence-electron chi connectivity index (χ3n) is 6.61. The molecule has 0 radical (unpaired) electrons. The molecule has 0 N–H and O–H groups in total. The molecular weight excluding hydrogens is 436 g/mol. The summed E-state index contributed by atoms with van der Waals surface area (Å²) in [6.45, 7) is 0.636. The van der Waals surface area contributed by atoms with E-state index in [1.54, 1.807) is 24.3 Å². The minimum atomic E-state index is -0.790. The van der Waals surface area contributed by atoms with Gasteiger partial charge in [-0.15, -0.1) is 10.2 Å². The largest absolute Gasteiger partial charge is 0.368 e. The number of fused-ring (bicyclic) bond motifs is 3. The van der Waals surface area contributed by atoms with Crippen LogP contribution in [0, 0.1) is 33.3 Å². The predicted octanol–water partition coefficient (Wildman–Crippen LogP) is 4.09. The van der Waals surface area contributed by atoms with Crippen molar-refractivity contribution >= 4 is 28.9 Å². The van der Waals surface area contributed by atoms with Crippen molar-refractivity contribution in [3.8, 4) is 6.07 Å². The summed E-state index contributed by atoms with van der Waals surface area (Å²) in [5.41, 5.74) is 1.19. The highest BCUT2D eigenvalue weighted by Gasteiger charge is 2.61. The van der Waals surface area contributed by atoms with Crippen molar-refractivity contribution in [2.45, 2.75) is 25.3 Å². The molecule has 2 aromatic carbocycles. The minimum Gasteiger partial charge on any atom is -0.368 e. The summed E-state index contributed by atoms with van der Waals surface area (Å²) < 4.78 is 0. The number of nitriles is 1. The van der Waals surface area contributed by atoms with Crippen molar-refractivity contribution in [3.63, 3.8) is 0 Å². The smallest absolute Gasteiger partial charge is 0.269 e. The van der Waals surface area contributed by atoms with Crippen LogP contribution in [0.25, 0.3) is 0 Å². The molecule has 3 heterocycles. The van der Waals surface area contributed by atoms with E-state index in [4.69, 9.17) is 0 Å². The van der Waals surface area contributed by atoms with Gasteiger partial charge in [0.25, 0.3) is 5.69 Å². The van der Waals surface area contributed by atoms with Gasteiger partial charge in [-0.05, 0) is 43.5 Å². The normalized spacial score (nSPS) is 25.3. The first-order chi connectivity index (χ1) is 16.5. The molecule has 10 heteroatoms. The van der Waals surface area contributed by atoms with Crippen LogP contribution in [-0.4, -0.2) is 34.2 Å². The SMILES string of the molecule is N#C/C(N=Nc1ccc([N+](=O)[O-])cc1)=C1\[C@H]2C(=O)N(c3ccccc3)C(=O)[C@H]2[C@H]2CCCCN12. The standard InChI is InChI=1S/C24H20N6O4/c25-14-18(27-26-15-9-11-17(12-10-15)30(33)34)22-21-20(19-8-4-5-13-28(19)22)23(31)29(24(21)32)16-6-2-1-3-7-16/h1-3,6-7,9-12,19-21H,4-5,8,13H2/b22-18-,27-26?/t19-,20+,21+/m1/s1. The van der Waals surface area contributed by atoms with E-state index in [0.29, 0.717) is 23.6 Å². The first-order valence-electron chi connectivity index (χ1n) is 11.0. The number of anilines is 1. The second-order valence-corrected chi connectivity index (χ2v) is 8.43. The highest BCUT2D eigenvalue weighted by atomic mass is 16.6. The molecule has 3 saturated heterocycles. The molecule has 2 aromatic rings. The number of imide groups is 1. The number of para-hydroxylation sites is 1. The van der Waals surface area contributed by atoms with Crippen molar-refractivity contribution in [1.29, 1.82) is 5.26 Å². The Bertz CT molecular complexity index is 1260. The van der Waals surface area contributed by atoms with Crippen molar-refractivity contribution in [2.75, 3.05) is 11.4 Å². The average molecular weight is 456 g/mol. The highest BCUT2D eigenvalue weighted by molar-refractivity contribution is 6.23. The van der Waals surface area contributed by atoms with E-state index in [1.165, 1.54) is 29.2 Å². The molecule has 0 aliphatic carbocycles. The Kier molecular flexibility index (Phi) is 5.37. The molecule has 0 unspecified atom stereocenters. The number of azo groups is 1. The fourth-order valence-corrected chi connectivity index (χ4v) is 5.17. The monoisotopic (exact) mass is 456 g/mol. The van der Waals surface area contributed by atoms with Crippen LogP contribution in [0.15, 0.2) is 76.2 Å². The highest BCUT2D eigenvalue weighted by Crippen LogP contribution is 2.50. The zero-order chi connectivity index (χ0) is 23.8. The Morgan fingerprint density at radius 3 is 2.47 bits per heavy atom. The fourth-order valence-electron chi connectivity index (χ4n) is 5.17. The average Bonchev–Trinajstić information content (AvgIpc) is 3.33. The van der Waals surface area contributed by atoms with Crippen molar-refractivity contribution in [2.24, 2.45) is 22.1 Å². The molecule has 2 amide bonds. The number of carbonyl (C=O) groups excluding carboxylic acids is 2. The van der Waals surface area contributed by atoms with Crippen molar-refractivity contribution in [3.05, 3.63) is 76.1 Å². The number of nitro groups is 1. The number of benzene rings is 2. The van der Waals surface area contributed by atoms with Gasteiger partial charge in [-0.2, -0.15) is 5.26 Å². The first kappa shape index (κ1) is 21.5. The molecule has 34 heavy (non-hydrogen) atoms. The molecule has 3 aliphatic heterocycles. The van der Waals surface area contributed by atoms with Gasteiger partial charge >= 0.3 is 0 Å². The first-order valence-corrected chi connectivity index (χ1v) is 11.0. The molecule has 170 valence electrons. The van der Waals surface area contributed by atoms with Gasteiger partial charge < -0.3 is 4.90 Å². The molecule has 3 atom stereocenters. The van der Waals surface area contributed by atoms with E-state index < -0.39 is 16.8 Å². The number of carbonyl (C=O) groups is 2. The number of piperidine rings is 1. The van der Waals surface area contributed by atoms with Crippen LogP contribution < -0.4 is 4.90 Å². The van der Waals surface area contributed by atoms with E-state index in [0.717, 1.165) is 19.3 Å². The summed E-state index contributed by atoms with van der Waals surface area (Å²) in [6.07, 6.45) is 2.59. The lowest BCUT2D eigenvalue weighted by atomic mass is 9.88. The summed E-state index contributed by atoms with van der Waals surface area (Å²) in [6, 6.07) is 16.2. The van der Waals surface area contributed by atoms with Gasteiger partial charge in [-0.25, -0.2) is 4.90 Å². The van der Waals surface area contributed by atoms with Crippen LogP contribution >= 0.6 is 0 Å². The Labute approximate surface area is 194 Å². The van der Waals surface area contributed by atoms with Crippen molar-refractivity contribution < 1.29 is 14.5 Å². The molecule has 10 nitrogen and oxygen atoms in total. The minimum absolute atomic E-state index is 0.0196. The van der Waals surface area contributed by atoms with Gasteiger partial charge in [-0.1, -0.05) is 18.2 Å². The summed E-state index contributed by atoms with van der Waals surface area (Å²) in [5.74, 6) is -1.97. The number of amides is 2. The van der Waals surface area contributed by atoms with Crippen molar-refractivity contribution in [1.82, 2.24) is 4.90 Å². The lowest BCUT2D eigenvalue weighted by molar-refractivity contribution is -0.384. The van der Waals surface area contributed by atoms with Gasteiger partial charge in [0.2, 0.25) is 11.8 Å². The number of rotatable bonds is 4. The van der Waals surface area contributed by atoms with Crippen LogP contribution in [-0.2, 0) is 9.59 Å². The maximum atomic E-state index is 13.5. The fraction of sp³-hybridized carbons (Fsp3) is 0.292. The lowest BCUT2D eigenvalue weighted by Crippen LogP contribution is -2.42. The zero-order valence-corrected chi connectivity index (χ0v) is 18.1. The molecule has 3 aliphatic rings. The number of non-ortho nitro benzene ring substituents is 1. The molecule has 0 bridgehead atoms. The molecule has 0 aromatic heterocycles. The van der Waals surface area contributed by atoms with E-state index >= 15 is 0 Å². The number of hydrogen-bond acceptors (Lipinski definition) is 8. The van der Waals surface area contributed by atoms with Gasteiger partial charge in [0.15, 0.2) is 5.70 Å². The Morgan fingerprint density at radius 2 is 1.79 bits per heavy atom. The van der Waals surface area contributed by atoms with E-state index in [1.807, 2.05) is 11.0 Å². The molecule has 0 spiro atoms. The number of nitro benzene ring substituents is 1. The van der Waals surface area contributed by atoms with E-state index in [9.17, 15) is 25.0 Å². The maximum Gasteiger partial charge on any atom is 0.269 e. The maximum absolute atomic E-state index is 13.5. The topological polar surface area (TPSA) is 132 Å². The summed E-state index contributed by atoms with van der Waals surface area (Å²) in [7, 11) is 0. The quantitative estimate of drug-likeness (QED) is 0.224. The van der Waals surface area contributed by atoms with Crippen LogP contribution in [0.4, 0.5) is 17.1 Å². The predicted molar refractivity (Wildman–Crippen MR) is 121 cm³/mol. The van der Waals surface area contributed by atoms with Gasteiger partial charge in [0.1, 0.15) is 6.07 Å². The summed E-state index contributed by atoms with van der Waals surface area (Å²) in [5, 5.41) is 29.0. The number of hydrogen-bond donors (Lipinski definition) is 0. The second kappa shape index (κ2) is 8.51. The van der Waals surface area contributed by atoms with Gasteiger partial charge in [-0.3, -0.25) is 19.7 Å². The second-order valence-electron chi connectivity index (χ2n) is 8.43. The van der Waals surface area contributed by atoms with Crippen LogP contribution in [0.2, 0.25) is 0 Å². The number of nitrogens with zero attached hydrogens (tertiary/aromatic N) is 6. The van der Waals surface area contributed by atoms with E-state index in [-0.39, 0.29) is 29.2 Å². The summed E-state index contributed by atoms with van der Waals surface area (Å²) >= 11 is 0. The molecular formula is C24H20N6O4. The Hall–Kier alpha value is -4.39. The molecule has 5 rings (SSSR count). The van der Waals surface area contributed by atoms with Gasteiger partial charge in [0, 0.05) is 24.7 Å². The van der Waals surface area contributed by atoms with Gasteiger partial charge in [0.05, 0.1) is 33.8 Å². The Morgan fingerprint density at radius 1 is 1.06 bits per heavy atom.